The molecule has 1 aliphatic heterocycles. The van der Waals surface area contributed by atoms with Gasteiger partial charge in [-0.25, -0.2) is 0 Å². The van der Waals surface area contributed by atoms with Crippen molar-refractivity contribution in [2.75, 3.05) is 38.3 Å². The van der Waals surface area contributed by atoms with Crippen molar-refractivity contribution in [2.24, 2.45) is 0 Å². The van der Waals surface area contributed by atoms with E-state index in [1.165, 1.54) is 5.69 Å². The second kappa shape index (κ2) is 7.99. The highest BCUT2D eigenvalue weighted by Crippen LogP contribution is 2.27. The van der Waals surface area contributed by atoms with Gasteiger partial charge in [0, 0.05) is 43.5 Å². The first-order valence-corrected chi connectivity index (χ1v) is 7.86. The Labute approximate surface area is 132 Å². The van der Waals surface area contributed by atoms with Crippen LogP contribution in [0, 0.1) is 0 Å². The molecule has 2 rings (SSSR count). The van der Waals surface area contributed by atoms with Crippen LogP contribution in [0.1, 0.15) is 19.4 Å². The Hall–Kier alpha value is -0.810. The van der Waals surface area contributed by atoms with Crippen LogP contribution in [0.5, 0.6) is 0 Å². The predicted octanol–water partition coefficient (Wildman–Crippen LogP) is 2.69. The normalized spacial score (nSPS) is 22.6. The van der Waals surface area contributed by atoms with Gasteiger partial charge >= 0.3 is 0 Å². The minimum absolute atomic E-state index is 0.260. The van der Waals surface area contributed by atoms with Crippen molar-refractivity contribution in [1.82, 2.24) is 5.32 Å². The van der Waals surface area contributed by atoms with E-state index in [-0.39, 0.29) is 6.10 Å². The van der Waals surface area contributed by atoms with Gasteiger partial charge in [-0.1, -0.05) is 17.7 Å². The van der Waals surface area contributed by atoms with Gasteiger partial charge in [0.2, 0.25) is 0 Å². The SMILES string of the molecule is COCCNCc1ccc(N2CC(C)OCC2C)cc1Cl. The van der Waals surface area contributed by atoms with Crippen LogP contribution in [0.4, 0.5) is 5.69 Å². The first-order chi connectivity index (χ1) is 10.1. The van der Waals surface area contributed by atoms with E-state index in [2.05, 4.69) is 42.3 Å². The summed E-state index contributed by atoms with van der Waals surface area (Å²) >= 11 is 6.42. The molecule has 0 spiro atoms. The summed E-state index contributed by atoms with van der Waals surface area (Å²) in [6.45, 7) is 8.25. The lowest BCUT2D eigenvalue weighted by molar-refractivity contribution is 0.0344. The molecule has 2 unspecified atom stereocenters. The molecule has 1 saturated heterocycles. The Bertz CT molecular complexity index is 456. The molecule has 1 aromatic rings. The number of halogens is 1. The van der Waals surface area contributed by atoms with Crippen LogP contribution in [0.2, 0.25) is 5.02 Å². The third kappa shape index (κ3) is 4.58. The van der Waals surface area contributed by atoms with E-state index >= 15 is 0 Å². The number of morpholine rings is 1. The van der Waals surface area contributed by atoms with Gasteiger partial charge < -0.3 is 19.7 Å². The molecular weight excluding hydrogens is 288 g/mol. The summed E-state index contributed by atoms with van der Waals surface area (Å²) in [7, 11) is 1.70. The van der Waals surface area contributed by atoms with Crippen LogP contribution in [-0.2, 0) is 16.0 Å². The van der Waals surface area contributed by atoms with E-state index < -0.39 is 0 Å². The van der Waals surface area contributed by atoms with Crippen LogP contribution >= 0.6 is 11.6 Å². The molecule has 2 atom stereocenters. The molecule has 0 radical (unpaired) electrons. The topological polar surface area (TPSA) is 33.7 Å². The molecule has 4 nitrogen and oxygen atoms in total. The molecule has 0 aromatic heterocycles. The van der Waals surface area contributed by atoms with E-state index in [9.17, 15) is 0 Å². The molecule has 0 saturated carbocycles. The summed E-state index contributed by atoms with van der Waals surface area (Å²) in [4.78, 5) is 2.36. The smallest absolute Gasteiger partial charge is 0.0723 e. The number of hydrogen-bond acceptors (Lipinski definition) is 4. The molecule has 1 heterocycles. The maximum atomic E-state index is 6.42. The Kier molecular flexibility index (Phi) is 6.30. The number of methoxy groups -OCH3 is 1. The molecule has 1 aromatic carbocycles. The molecule has 0 aliphatic carbocycles. The quantitative estimate of drug-likeness (QED) is 0.819. The van der Waals surface area contributed by atoms with E-state index in [4.69, 9.17) is 21.1 Å². The average Bonchev–Trinajstić information content (AvgIpc) is 2.47. The van der Waals surface area contributed by atoms with E-state index in [1.807, 2.05) is 0 Å². The lowest BCUT2D eigenvalue weighted by atomic mass is 10.1. The number of hydrogen-bond donors (Lipinski definition) is 1. The van der Waals surface area contributed by atoms with Gasteiger partial charge in [-0.15, -0.1) is 0 Å². The zero-order valence-electron chi connectivity index (χ0n) is 13.1. The second-order valence-corrected chi connectivity index (χ2v) is 6.00. The fraction of sp³-hybridized carbons (Fsp3) is 0.625. The van der Waals surface area contributed by atoms with Crippen LogP contribution in [0.3, 0.4) is 0 Å². The van der Waals surface area contributed by atoms with Crippen LogP contribution in [-0.4, -0.2) is 45.6 Å². The van der Waals surface area contributed by atoms with Crippen molar-refractivity contribution in [2.45, 2.75) is 32.5 Å². The van der Waals surface area contributed by atoms with Gasteiger partial charge in [0.1, 0.15) is 0 Å². The Morgan fingerprint density at radius 2 is 2.24 bits per heavy atom. The number of anilines is 1. The fourth-order valence-corrected chi connectivity index (χ4v) is 2.76. The summed E-state index contributed by atoms with van der Waals surface area (Å²) in [6, 6.07) is 6.68. The molecule has 5 heteroatoms. The molecule has 1 N–H and O–H groups in total. The number of ether oxygens (including phenoxy) is 2. The first-order valence-electron chi connectivity index (χ1n) is 7.48. The first kappa shape index (κ1) is 16.6. The minimum Gasteiger partial charge on any atom is -0.383 e. The van der Waals surface area contributed by atoms with Gasteiger partial charge in [0.05, 0.1) is 19.3 Å². The van der Waals surface area contributed by atoms with Crippen LogP contribution in [0.25, 0.3) is 0 Å². The van der Waals surface area contributed by atoms with Crippen molar-refractivity contribution in [3.05, 3.63) is 28.8 Å². The summed E-state index contributed by atoms with van der Waals surface area (Å²) in [5.41, 5.74) is 2.29. The fourth-order valence-electron chi connectivity index (χ4n) is 2.52. The third-order valence-corrected chi connectivity index (χ3v) is 4.13. The van der Waals surface area contributed by atoms with E-state index in [1.54, 1.807) is 7.11 Å². The zero-order valence-corrected chi connectivity index (χ0v) is 13.8. The number of nitrogens with zero attached hydrogens (tertiary/aromatic N) is 1. The maximum Gasteiger partial charge on any atom is 0.0723 e. The van der Waals surface area contributed by atoms with Crippen LogP contribution in [0.15, 0.2) is 18.2 Å². The summed E-state index contributed by atoms with van der Waals surface area (Å²) < 4.78 is 10.7. The summed E-state index contributed by atoms with van der Waals surface area (Å²) in [5.74, 6) is 0. The van der Waals surface area contributed by atoms with E-state index in [0.717, 1.165) is 36.8 Å². The second-order valence-electron chi connectivity index (χ2n) is 5.59. The lowest BCUT2D eigenvalue weighted by Crippen LogP contribution is -2.47. The summed E-state index contributed by atoms with van der Waals surface area (Å²) in [5, 5.41) is 4.12. The number of rotatable bonds is 6. The minimum atomic E-state index is 0.260. The standard InChI is InChI=1S/C16H25ClN2O2/c1-12-11-21-13(2)10-19(12)15-5-4-14(16(17)8-15)9-18-6-7-20-3/h4-5,8,12-13,18H,6-7,9-11H2,1-3H3. The largest absolute Gasteiger partial charge is 0.383 e. The Morgan fingerprint density at radius 1 is 1.43 bits per heavy atom. The van der Waals surface area contributed by atoms with E-state index in [0.29, 0.717) is 12.6 Å². The lowest BCUT2D eigenvalue weighted by Gasteiger charge is -2.38. The molecular formula is C16H25ClN2O2. The Balaban J connectivity index is 2.00. The van der Waals surface area contributed by atoms with Crippen molar-refractivity contribution >= 4 is 17.3 Å². The van der Waals surface area contributed by atoms with Gasteiger partial charge in [0.15, 0.2) is 0 Å². The number of benzene rings is 1. The van der Waals surface area contributed by atoms with Gasteiger partial charge in [-0.2, -0.15) is 0 Å². The average molecular weight is 313 g/mol. The zero-order chi connectivity index (χ0) is 15.2. The molecule has 1 aliphatic rings. The molecule has 0 amide bonds. The van der Waals surface area contributed by atoms with Crippen LogP contribution < -0.4 is 10.2 Å². The molecule has 21 heavy (non-hydrogen) atoms. The maximum absolute atomic E-state index is 6.42. The van der Waals surface area contributed by atoms with Gasteiger partial charge in [-0.05, 0) is 31.5 Å². The number of nitrogens with one attached hydrogen (secondary N) is 1. The molecule has 1 fully saturated rings. The van der Waals surface area contributed by atoms with Crippen molar-refractivity contribution in [3.8, 4) is 0 Å². The van der Waals surface area contributed by atoms with Gasteiger partial charge in [0.25, 0.3) is 0 Å². The molecule has 0 bridgehead atoms. The van der Waals surface area contributed by atoms with Crippen molar-refractivity contribution in [1.29, 1.82) is 0 Å². The third-order valence-electron chi connectivity index (χ3n) is 3.77. The highest BCUT2D eigenvalue weighted by molar-refractivity contribution is 6.31. The monoisotopic (exact) mass is 312 g/mol. The van der Waals surface area contributed by atoms with Crippen molar-refractivity contribution < 1.29 is 9.47 Å². The van der Waals surface area contributed by atoms with Gasteiger partial charge in [-0.3, -0.25) is 0 Å². The highest BCUT2D eigenvalue weighted by atomic mass is 35.5. The molecule has 118 valence electrons. The predicted molar refractivity (Wildman–Crippen MR) is 87.3 cm³/mol. The van der Waals surface area contributed by atoms with Crippen molar-refractivity contribution in [3.63, 3.8) is 0 Å². The Morgan fingerprint density at radius 3 is 2.95 bits per heavy atom. The summed E-state index contributed by atoms with van der Waals surface area (Å²) in [6.07, 6.45) is 0.260. The highest BCUT2D eigenvalue weighted by Gasteiger charge is 2.23.